The summed E-state index contributed by atoms with van der Waals surface area (Å²) < 4.78 is 11.4. The van der Waals surface area contributed by atoms with E-state index in [1.807, 2.05) is 18.2 Å². The number of likely N-dealkylation sites (tertiary alicyclic amines) is 1. The molecule has 7 nitrogen and oxygen atoms in total. The lowest BCUT2D eigenvalue weighted by molar-refractivity contribution is -0.128. The molecule has 7 heteroatoms. The largest absolute Gasteiger partial charge is 0.490 e. The minimum atomic E-state index is -0.288. The second kappa shape index (κ2) is 7.53. The summed E-state index contributed by atoms with van der Waals surface area (Å²) in [5.41, 5.74) is 5.86. The van der Waals surface area contributed by atoms with Gasteiger partial charge in [0.05, 0.1) is 19.8 Å². The third-order valence-corrected chi connectivity index (χ3v) is 4.24. The molecule has 0 aromatic heterocycles. The molecule has 2 N–H and O–H groups in total. The average Bonchev–Trinajstić information content (AvgIpc) is 2.88. The first-order valence-corrected chi connectivity index (χ1v) is 8.32. The minimum absolute atomic E-state index is 0.172. The fourth-order valence-electron chi connectivity index (χ4n) is 3.16. The Bertz CT molecular complexity index is 620. The topological polar surface area (TPSA) is 79.9 Å². The first-order chi connectivity index (χ1) is 11.6. The van der Waals surface area contributed by atoms with E-state index < -0.39 is 0 Å². The quantitative estimate of drug-likeness (QED) is 0.811. The number of amides is 2. The summed E-state index contributed by atoms with van der Waals surface area (Å²) in [6, 6.07) is 6.19. The van der Waals surface area contributed by atoms with Crippen molar-refractivity contribution in [1.29, 1.82) is 0 Å². The Hall–Kier alpha value is -2.28. The summed E-state index contributed by atoms with van der Waals surface area (Å²) >= 11 is 0. The highest BCUT2D eigenvalue weighted by atomic mass is 16.5. The number of ether oxygens (including phenoxy) is 2. The Morgan fingerprint density at radius 2 is 1.96 bits per heavy atom. The Morgan fingerprint density at radius 1 is 1.17 bits per heavy atom. The van der Waals surface area contributed by atoms with Crippen molar-refractivity contribution in [2.24, 2.45) is 0 Å². The van der Waals surface area contributed by atoms with Gasteiger partial charge in [-0.3, -0.25) is 25.3 Å². The Kier molecular flexibility index (Phi) is 5.20. The Balaban J connectivity index is 1.68. The standard InChI is InChI=1S/C17H23N3O4/c1-12(21)18-19-17(22)11-20-7-2-4-14(20)13-5-6-15-16(10-13)24-9-3-8-23-15/h5-6,10,14H,2-4,7-9,11H2,1H3,(H,18,21)(H,19,22)/t14-/m0/s1. The summed E-state index contributed by atoms with van der Waals surface area (Å²) in [7, 11) is 0. The molecule has 1 aromatic carbocycles. The fraction of sp³-hybridized carbons (Fsp3) is 0.529. The maximum atomic E-state index is 11.9. The Morgan fingerprint density at radius 3 is 2.75 bits per heavy atom. The number of rotatable bonds is 3. The zero-order chi connectivity index (χ0) is 16.9. The van der Waals surface area contributed by atoms with Gasteiger partial charge < -0.3 is 9.47 Å². The van der Waals surface area contributed by atoms with Gasteiger partial charge in [0.15, 0.2) is 11.5 Å². The molecule has 0 aliphatic carbocycles. The van der Waals surface area contributed by atoms with Gasteiger partial charge in [0.25, 0.3) is 5.91 Å². The summed E-state index contributed by atoms with van der Waals surface area (Å²) in [5, 5.41) is 0. The molecule has 2 aliphatic rings. The number of carbonyl (C=O) groups is 2. The van der Waals surface area contributed by atoms with E-state index in [1.165, 1.54) is 6.92 Å². The number of nitrogens with one attached hydrogen (secondary N) is 2. The molecule has 130 valence electrons. The van der Waals surface area contributed by atoms with Crippen LogP contribution in [0.2, 0.25) is 0 Å². The number of nitrogens with zero attached hydrogens (tertiary/aromatic N) is 1. The fourth-order valence-corrected chi connectivity index (χ4v) is 3.16. The molecule has 0 spiro atoms. The summed E-state index contributed by atoms with van der Waals surface area (Å²) in [4.78, 5) is 24.9. The lowest BCUT2D eigenvalue weighted by atomic mass is 10.0. The molecule has 0 radical (unpaired) electrons. The summed E-state index contributed by atoms with van der Waals surface area (Å²) in [6.45, 7) is 3.79. The molecule has 2 amide bonds. The molecule has 2 aliphatic heterocycles. The van der Waals surface area contributed by atoms with Crippen LogP contribution in [0.1, 0.15) is 37.8 Å². The van der Waals surface area contributed by atoms with Gasteiger partial charge in [-0.25, -0.2) is 0 Å². The summed E-state index contributed by atoms with van der Waals surface area (Å²) in [5.74, 6) is 1.06. The molecular formula is C17H23N3O4. The number of fused-ring (bicyclic) bond motifs is 1. The molecule has 3 rings (SSSR count). The van der Waals surface area contributed by atoms with Gasteiger partial charge in [-0.2, -0.15) is 0 Å². The van der Waals surface area contributed by atoms with Crippen molar-refractivity contribution in [3.8, 4) is 11.5 Å². The lowest BCUT2D eigenvalue weighted by Gasteiger charge is -2.24. The van der Waals surface area contributed by atoms with Gasteiger partial charge in [-0.15, -0.1) is 0 Å². The zero-order valence-electron chi connectivity index (χ0n) is 13.8. The van der Waals surface area contributed by atoms with Crippen molar-refractivity contribution in [3.63, 3.8) is 0 Å². The number of benzene rings is 1. The zero-order valence-corrected chi connectivity index (χ0v) is 13.8. The molecule has 1 atom stereocenters. The molecular weight excluding hydrogens is 310 g/mol. The molecule has 0 saturated carbocycles. The van der Waals surface area contributed by atoms with Crippen LogP contribution in [0, 0.1) is 0 Å². The van der Waals surface area contributed by atoms with Crippen molar-refractivity contribution in [2.75, 3.05) is 26.3 Å². The van der Waals surface area contributed by atoms with Crippen LogP contribution in [0.3, 0.4) is 0 Å². The van der Waals surface area contributed by atoms with Gasteiger partial charge >= 0.3 is 0 Å². The van der Waals surface area contributed by atoms with E-state index in [0.29, 0.717) is 13.2 Å². The maximum absolute atomic E-state index is 11.9. The molecule has 0 unspecified atom stereocenters. The van der Waals surface area contributed by atoms with Crippen molar-refractivity contribution < 1.29 is 19.1 Å². The van der Waals surface area contributed by atoms with Crippen LogP contribution in [0.4, 0.5) is 0 Å². The number of hydrogen-bond acceptors (Lipinski definition) is 5. The van der Waals surface area contributed by atoms with Crippen LogP contribution < -0.4 is 20.3 Å². The second-order valence-corrected chi connectivity index (χ2v) is 6.11. The van der Waals surface area contributed by atoms with Crippen LogP contribution >= 0.6 is 0 Å². The second-order valence-electron chi connectivity index (χ2n) is 6.11. The minimum Gasteiger partial charge on any atom is -0.490 e. The van der Waals surface area contributed by atoms with Gasteiger partial charge in [0.1, 0.15) is 0 Å². The highest BCUT2D eigenvalue weighted by Gasteiger charge is 2.28. The molecule has 1 fully saturated rings. The first-order valence-electron chi connectivity index (χ1n) is 8.32. The van der Waals surface area contributed by atoms with E-state index in [-0.39, 0.29) is 24.4 Å². The van der Waals surface area contributed by atoms with Crippen LogP contribution in [0.25, 0.3) is 0 Å². The first kappa shape index (κ1) is 16.6. The van der Waals surface area contributed by atoms with Crippen LogP contribution in [-0.2, 0) is 9.59 Å². The van der Waals surface area contributed by atoms with E-state index in [1.54, 1.807) is 0 Å². The van der Waals surface area contributed by atoms with Crippen molar-refractivity contribution >= 4 is 11.8 Å². The average molecular weight is 333 g/mol. The highest BCUT2D eigenvalue weighted by Crippen LogP contribution is 2.37. The molecule has 0 bridgehead atoms. The van der Waals surface area contributed by atoms with Gasteiger partial charge in [0.2, 0.25) is 5.91 Å². The number of hydrazine groups is 1. The molecule has 2 heterocycles. The third kappa shape index (κ3) is 3.97. The summed E-state index contributed by atoms with van der Waals surface area (Å²) in [6.07, 6.45) is 2.91. The van der Waals surface area contributed by atoms with Gasteiger partial charge in [0, 0.05) is 19.4 Å². The van der Waals surface area contributed by atoms with Crippen molar-refractivity contribution in [3.05, 3.63) is 23.8 Å². The van der Waals surface area contributed by atoms with Crippen molar-refractivity contribution in [2.45, 2.75) is 32.2 Å². The SMILES string of the molecule is CC(=O)NNC(=O)CN1CCC[C@H]1c1ccc2c(c1)OCCCO2. The maximum Gasteiger partial charge on any atom is 0.252 e. The molecule has 24 heavy (non-hydrogen) atoms. The predicted molar refractivity (Wildman–Crippen MR) is 87.6 cm³/mol. The smallest absolute Gasteiger partial charge is 0.252 e. The van der Waals surface area contributed by atoms with E-state index in [0.717, 1.165) is 42.9 Å². The van der Waals surface area contributed by atoms with Crippen molar-refractivity contribution in [1.82, 2.24) is 15.8 Å². The van der Waals surface area contributed by atoms with E-state index in [4.69, 9.17) is 9.47 Å². The van der Waals surface area contributed by atoms with Crippen LogP contribution in [0.5, 0.6) is 11.5 Å². The Labute approximate surface area is 141 Å². The van der Waals surface area contributed by atoms with Gasteiger partial charge in [-0.1, -0.05) is 6.07 Å². The monoisotopic (exact) mass is 333 g/mol. The van der Waals surface area contributed by atoms with Crippen LogP contribution in [0.15, 0.2) is 18.2 Å². The molecule has 1 aromatic rings. The number of carbonyl (C=O) groups excluding carboxylic acids is 2. The normalized spacial score (nSPS) is 20.3. The lowest BCUT2D eigenvalue weighted by Crippen LogP contribution is -2.45. The number of hydrogen-bond donors (Lipinski definition) is 2. The van der Waals surface area contributed by atoms with Crippen LogP contribution in [-0.4, -0.2) is 43.0 Å². The highest BCUT2D eigenvalue weighted by molar-refractivity contribution is 5.82. The van der Waals surface area contributed by atoms with E-state index >= 15 is 0 Å². The van der Waals surface area contributed by atoms with E-state index in [2.05, 4.69) is 15.8 Å². The molecule has 1 saturated heterocycles. The van der Waals surface area contributed by atoms with Gasteiger partial charge in [-0.05, 0) is 37.1 Å². The predicted octanol–water partition coefficient (Wildman–Crippen LogP) is 1.15. The third-order valence-electron chi connectivity index (χ3n) is 4.24. The van der Waals surface area contributed by atoms with E-state index in [9.17, 15) is 9.59 Å².